The Hall–Kier alpha value is -2.75. The highest BCUT2D eigenvalue weighted by Crippen LogP contribution is 2.20. The molecule has 0 atom stereocenters. The van der Waals surface area contributed by atoms with Crippen LogP contribution < -0.4 is 5.73 Å². The molecule has 2 aromatic carbocycles. The van der Waals surface area contributed by atoms with E-state index < -0.39 is 9.84 Å². The van der Waals surface area contributed by atoms with Gasteiger partial charge in [0.15, 0.2) is 9.84 Å². The molecule has 31 heavy (non-hydrogen) atoms. The van der Waals surface area contributed by atoms with Crippen LogP contribution in [0.2, 0.25) is 5.02 Å². The van der Waals surface area contributed by atoms with Gasteiger partial charge in [-0.15, -0.1) is 0 Å². The number of carbonyl (C=O) groups is 1. The summed E-state index contributed by atoms with van der Waals surface area (Å²) < 4.78 is 25.1. The van der Waals surface area contributed by atoms with Crippen LogP contribution >= 0.6 is 11.6 Å². The van der Waals surface area contributed by atoms with Gasteiger partial charge in [0, 0.05) is 36.6 Å². The zero-order valence-electron chi connectivity index (χ0n) is 16.7. The summed E-state index contributed by atoms with van der Waals surface area (Å²) in [6, 6.07) is 11.9. The molecule has 1 aliphatic heterocycles. The van der Waals surface area contributed by atoms with Crippen molar-refractivity contribution in [2.75, 3.05) is 37.7 Å². The molecule has 0 unspecified atom stereocenters. The Kier molecular flexibility index (Phi) is 6.08. The maximum absolute atomic E-state index is 12.6. The van der Waals surface area contributed by atoms with Crippen molar-refractivity contribution in [2.24, 2.45) is 0 Å². The normalized spacial score (nSPS) is 15.5. The van der Waals surface area contributed by atoms with Gasteiger partial charge in [-0.05, 0) is 35.9 Å². The number of fused-ring (bicyclic) bond motifs is 1. The second kappa shape index (κ2) is 8.78. The average molecular weight is 460 g/mol. The Balaban J connectivity index is 1.35. The lowest BCUT2D eigenvalue weighted by Crippen LogP contribution is -2.50. The fraction of sp³-hybridized carbons (Fsp3) is 0.286. The number of amides is 1. The number of sulfone groups is 1. The third kappa shape index (κ3) is 4.95. The Morgan fingerprint density at radius 2 is 1.94 bits per heavy atom. The summed E-state index contributed by atoms with van der Waals surface area (Å²) in [6.45, 7) is 2.08. The molecule has 0 saturated carbocycles. The van der Waals surface area contributed by atoms with Crippen molar-refractivity contribution in [3.05, 3.63) is 59.4 Å². The van der Waals surface area contributed by atoms with Crippen LogP contribution in [-0.4, -0.2) is 66.0 Å². The second-order valence-electron chi connectivity index (χ2n) is 7.48. The highest BCUT2D eigenvalue weighted by molar-refractivity contribution is 7.91. The van der Waals surface area contributed by atoms with Crippen LogP contribution in [0.15, 0.2) is 53.7 Å². The van der Waals surface area contributed by atoms with Crippen molar-refractivity contribution in [3.8, 4) is 0 Å². The first kappa shape index (κ1) is 21.5. The molecule has 4 rings (SSSR count). The quantitative estimate of drug-likeness (QED) is 0.600. The van der Waals surface area contributed by atoms with E-state index in [9.17, 15) is 13.2 Å². The standard InChI is InChI=1S/C21H22ClN5O3S/c22-16-2-1-3-17(11-16)31(29,30)9-8-26-6-7-27(20(28)13-26)12-15-4-5-18-19(10-15)24-14-25-21(18)23/h1-5,10-11,14H,6-9,12-13H2,(H2,23,24,25). The largest absolute Gasteiger partial charge is 0.383 e. The van der Waals surface area contributed by atoms with Crippen LogP contribution in [0.25, 0.3) is 10.9 Å². The number of rotatable bonds is 6. The topological polar surface area (TPSA) is 109 Å². The highest BCUT2D eigenvalue weighted by atomic mass is 35.5. The van der Waals surface area contributed by atoms with E-state index in [0.29, 0.717) is 37.0 Å². The van der Waals surface area contributed by atoms with E-state index in [1.807, 2.05) is 23.1 Å². The lowest BCUT2D eigenvalue weighted by molar-refractivity contribution is -0.136. The highest BCUT2D eigenvalue weighted by Gasteiger charge is 2.25. The minimum absolute atomic E-state index is 0.0336. The minimum atomic E-state index is -3.46. The summed E-state index contributed by atoms with van der Waals surface area (Å²) in [5, 5.41) is 1.16. The SMILES string of the molecule is Nc1ncnc2cc(CN3CCN(CCS(=O)(=O)c4cccc(Cl)c4)CC3=O)ccc12. The van der Waals surface area contributed by atoms with Gasteiger partial charge >= 0.3 is 0 Å². The van der Waals surface area contributed by atoms with Gasteiger partial charge in [0.1, 0.15) is 12.1 Å². The van der Waals surface area contributed by atoms with Crippen LogP contribution in [0.3, 0.4) is 0 Å². The van der Waals surface area contributed by atoms with E-state index in [2.05, 4.69) is 9.97 Å². The number of anilines is 1. The zero-order chi connectivity index (χ0) is 22.0. The number of hydrogen-bond donors (Lipinski definition) is 1. The molecule has 0 radical (unpaired) electrons. The van der Waals surface area contributed by atoms with Gasteiger partial charge in [0.2, 0.25) is 5.91 Å². The number of nitrogens with two attached hydrogens (primary N) is 1. The number of hydrogen-bond acceptors (Lipinski definition) is 7. The number of benzene rings is 2. The number of piperazine rings is 1. The van der Waals surface area contributed by atoms with E-state index >= 15 is 0 Å². The second-order valence-corrected chi connectivity index (χ2v) is 10.0. The third-order valence-electron chi connectivity index (χ3n) is 5.33. The van der Waals surface area contributed by atoms with E-state index in [4.69, 9.17) is 17.3 Å². The molecule has 0 spiro atoms. The van der Waals surface area contributed by atoms with Crippen molar-refractivity contribution in [2.45, 2.75) is 11.4 Å². The van der Waals surface area contributed by atoms with Gasteiger partial charge in [-0.3, -0.25) is 9.69 Å². The molecule has 2 N–H and O–H groups in total. The number of nitrogens with zero attached hydrogens (tertiary/aromatic N) is 4. The monoisotopic (exact) mass is 459 g/mol. The molecule has 1 saturated heterocycles. The predicted octanol–water partition coefficient (Wildman–Crippen LogP) is 1.98. The first-order chi connectivity index (χ1) is 14.8. The van der Waals surface area contributed by atoms with E-state index in [-0.39, 0.29) is 23.1 Å². The van der Waals surface area contributed by atoms with Crippen LogP contribution in [0.1, 0.15) is 5.56 Å². The summed E-state index contributed by atoms with van der Waals surface area (Å²) in [7, 11) is -3.46. The van der Waals surface area contributed by atoms with E-state index in [1.54, 1.807) is 17.0 Å². The molecule has 1 amide bonds. The van der Waals surface area contributed by atoms with Crippen LogP contribution in [0.5, 0.6) is 0 Å². The average Bonchev–Trinajstić information content (AvgIpc) is 2.74. The fourth-order valence-electron chi connectivity index (χ4n) is 3.59. The number of nitrogen functional groups attached to an aromatic ring is 1. The van der Waals surface area contributed by atoms with Crippen molar-refractivity contribution >= 4 is 44.1 Å². The molecule has 1 aromatic heterocycles. The molecule has 1 fully saturated rings. The summed E-state index contributed by atoms with van der Waals surface area (Å²) >= 11 is 5.90. The zero-order valence-corrected chi connectivity index (χ0v) is 18.3. The predicted molar refractivity (Wildman–Crippen MR) is 119 cm³/mol. The molecule has 3 aromatic rings. The molecule has 2 heterocycles. The number of carbonyl (C=O) groups excluding carboxylic acids is 1. The van der Waals surface area contributed by atoms with Crippen LogP contribution in [0.4, 0.5) is 5.82 Å². The molecule has 8 nitrogen and oxygen atoms in total. The van der Waals surface area contributed by atoms with Crippen molar-refractivity contribution in [3.63, 3.8) is 0 Å². The first-order valence-electron chi connectivity index (χ1n) is 9.79. The van der Waals surface area contributed by atoms with Crippen LogP contribution in [-0.2, 0) is 21.2 Å². The Bertz CT molecular complexity index is 1230. The van der Waals surface area contributed by atoms with Gasteiger partial charge in [0.25, 0.3) is 0 Å². The molecule has 10 heteroatoms. The molecule has 0 bridgehead atoms. The van der Waals surface area contributed by atoms with Gasteiger partial charge in [-0.1, -0.05) is 23.7 Å². The summed E-state index contributed by atoms with van der Waals surface area (Å²) in [5.74, 6) is 0.328. The van der Waals surface area contributed by atoms with Crippen molar-refractivity contribution < 1.29 is 13.2 Å². The Labute approximate surface area is 185 Å². The summed E-state index contributed by atoms with van der Waals surface area (Å²) in [4.78, 5) is 24.7. The first-order valence-corrected chi connectivity index (χ1v) is 11.8. The summed E-state index contributed by atoms with van der Waals surface area (Å²) in [5.41, 5.74) is 7.55. The van der Waals surface area contributed by atoms with E-state index in [1.165, 1.54) is 18.5 Å². The lowest BCUT2D eigenvalue weighted by Gasteiger charge is -2.34. The van der Waals surface area contributed by atoms with Gasteiger partial charge in [-0.25, -0.2) is 18.4 Å². The van der Waals surface area contributed by atoms with E-state index in [0.717, 1.165) is 16.5 Å². The third-order valence-corrected chi connectivity index (χ3v) is 7.26. The van der Waals surface area contributed by atoms with Gasteiger partial charge in [0.05, 0.1) is 22.7 Å². The van der Waals surface area contributed by atoms with Crippen molar-refractivity contribution in [1.29, 1.82) is 0 Å². The van der Waals surface area contributed by atoms with Crippen LogP contribution in [0, 0.1) is 0 Å². The molecular formula is C21H22ClN5O3S. The number of halogens is 1. The minimum Gasteiger partial charge on any atom is -0.383 e. The maximum atomic E-state index is 12.6. The van der Waals surface area contributed by atoms with Crippen molar-refractivity contribution in [1.82, 2.24) is 19.8 Å². The lowest BCUT2D eigenvalue weighted by atomic mass is 10.1. The number of aromatic nitrogens is 2. The molecular weight excluding hydrogens is 438 g/mol. The van der Waals surface area contributed by atoms with Gasteiger partial charge in [-0.2, -0.15) is 0 Å². The molecule has 0 aliphatic carbocycles. The maximum Gasteiger partial charge on any atom is 0.237 e. The Morgan fingerprint density at radius 1 is 1.10 bits per heavy atom. The summed E-state index contributed by atoms with van der Waals surface area (Å²) in [6.07, 6.45) is 1.42. The fourth-order valence-corrected chi connectivity index (χ4v) is 5.17. The smallest absolute Gasteiger partial charge is 0.237 e. The molecule has 162 valence electrons. The van der Waals surface area contributed by atoms with Gasteiger partial charge < -0.3 is 10.6 Å². The molecule has 1 aliphatic rings. The Morgan fingerprint density at radius 3 is 2.71 bits per heavy atom.